The van der Waals surface area contributed by atoms with Crippen LogP contribution in [0.15, 0.2) is 78.9 Å². The van der Waals surface area contributed by atoms with E-state index in [2.05, 4.69) is 5.32 Å². The van der Waals surface area contributed by atoms with Crippen LogP contribution in [0.5, 0.6) is 0 Å². The quantitative estimate of drug-likeness (QED) is 0.412. The van der Waals surface area contributed by atoms with E-state index in [1.54, 1.807) is 55.5 Å². The van der Waals surface area contributed by atoms with Gasteiger partial charge in [0.25, 0.3) is 0 Å². The summed E-state index contributed by atoms with van der Waals surface area (Å²) in [6.07, 6.45) is -0.248. The van der Waals surface area contributed by atoms with Crippen LogP contribution in [0.3, 0.4) is 0 Å². The maximum atomic E-state index is 13.6. The third-order valence-electron chi connectivity index (χ3n) is 5.41. The second-order valence-corrected chi connectivity index (χ2v) is 7.47. The lowest BCUT2D eigenvalue weighted by atomic mass is 9.75. The van der Waals surface area contributed by atoms with Crippen LogP contribution in [-0.4, -0.2) is 27.9 Å². The van der Waals surface area contributed by atoms with Gasteiger partial charge in [-0.2, -0.15) is 4.39 Å². The third kappa shape index (κ3) is 4.64. The smallest absolute Gasteiger partial charge is 0.326 e. The molecule has 0 fully saturated rings. The molecule has 0 bridgehead atoms. The predicted molar refractivity (Wildman–Crippen MR) is 116 cm³/mol. The summed E-state index contributed by atoms with van der Waals surface area (Å²) in [5.74, 6) is -2.87. The highest BCUT2D eigenvalue weighted by atomic mass is 19.1. The Hall–Kier alpha value is -4.07. The number of carbonyl (C=O) groups excluding carboxylic acids is 1. The molecule has 7 nitrogen and oxygen atoms in total. The zero-order chi connectivity index (χ0) is 23.3. The number of carboxylic acids is 1. The van der Waals surface area contributed by atoms with Crippen molar-refractivity contribution in [2.45, 2.75) is 24.8 Å². The Bertz CT molecular complexity index is 1100. The van der Waals surface area contributed by atoms with Crippen LogP contribution in [0, 0.1) is 15.9 Å². The summed E-state index contributed by atoms with van der Waals surface area (Å²) >= 11 is 0. The summed E-state index contributed by atoms with van der Waals surface area (Å²) < 4.78 is 13.6. The first-order valence-electron chi connectivity index (χ1n) is 9.81. The average Bonchev–Trinajstić information content (AvgIpc) is 2.80. The lowest BCUT2D eigenvalue weighted by Gasteiger charge is -2.31. The zero-order valence-electron chi connectivity index (χ0n) is 17.2. The average molecular weight is 436 g/mol. The van der Waals surface area contributed by atoms with Gasteiger partial charge in [0.2, 0.25) is 11.7 Å². The van der Waals surface area contributed by atoms with Crippen molar-refractivity contribution in [3.05, 3.63) is 111 Å². The van der Waals surface area contributed by atoms with E-state index in [4.69, 9.17) is 0 Å². The Morgan fingerprint density at radius 2 is 1.56 bits per heavy atom. The number of nitro benzene ring substituents is 1. The predicted octanol–water partition coefficient (Wildman–Crippen LogP) is 3.85. The molecule has 3 aromatic carbocycles. The Morgan fingerprint density at radius 3 is 2.03 bits per heavy atom. The summed E-state index contributed by atoms with van der Waals surface area (Å²) in [5, 5.41) is 23.3. The van der Waals surface area contributed by atoms with E-state index in [0.717, 1.165) is 12.1 Å². The molecule has 0 saturated heterocycles. The number of rotatable bonds is 8. The molecular weight excluding hydrogens is 415 g/mol. The standard InChI is InChI=1S/C24H21FN2O5/c1-24(17-8-4-2-5-9-17,18-10-6-3-7-11-18)23(30)26-20(22(28)29)14-16-12-13-19(25)21(15-16)27(31)32/h2-13,15,20H,14H2,1H3,(H,26,30)(H,28,29)/t20-/m0/s1. The maximum absolute atomic E-state index is 13.6. The normalized spacial score (nSPS) is 12.1. The summed E-state index contributed by atoms with van der Waals surface area (Å²) in [6.45, 7) is 1.70. The van der Waals surface area contributed by atoms with Gasteiger partial charge in [0, 0.05) is 12.5 Å². The minimum absolute atomic E-state index is 0.215. The summed E-state index contributed by atoms with van der Waals surface area (Å²) in [5.41, 5.74) is -0.385. The second kappa shape index (κ2) is 9.38. The zero-order valence-corrected chi connectivity index (χ0v) is 17.2. The van der Waals surface area contributed by atoms with E-state index >= 15 is 0 Å². The highest BCUT2D eigenvalue weighted by Crippen LogP contribution is 2.32. The Balaban J connectivity index is 1.94. The first-order chi connectivity index (χ1) is 15.2. The molecule has 3 aromatic rings. The molecular formula is C24H21FN2O5. The van der Waals surface area contributed by atoms with Crippen molar-refractivity contribution in [2.24, 2.45) is 0 Å². The molecule has 3 rings (SSSR count). The number of halogens is 1. The number of benzene rings is 3. The van der Waals surface area contributed by atoms with Gasteiger partial charge in [0.05, 0.1) is 10.3 Å². The van der Waals surface area contributed by atoms with Crippen LogP contribution in [-0.2, 0) is 21.4 Å². The fraction of sp³-hybridized carbons (Fsp3) is 0.167. The van der Waals surface area contributed by atoms with Crippen molar-refractivity contribution >= 4 is 17.6 Å². The van der Waals surface area contributed by atoms with Gasteiger partial charge in [-0.25, -0.2) is 4.79 Å². The van der Waals surface area contributed by atoms with E-state index in [-0.39, 0.29) is 12.0 Å². The Labute approximate surface area is 183 Å². The van der Waals surface area contributed by atoms with Gasteiger partial charge in [-0.3, -0.25) is 14.9 Å². The molecule has 1 amide bonds. The Morgan fingerprint density at radius 1 is 1.03 bits per heavy atom. The highest BCUT2D eigenvalue weighted by molar-refractivity contribution is 5.94. The summed E-state index contributed by atoms with van der Waals surface area (Å²) in [7, 11) is 0. The lowest BCUT2D eigenvalue weighted by Crippen LogP contribution is -2.50. The van der Waals surface area contributed by atoms with E-state index in [9.17, 15) is 29.2 Å². The van der Waals surface area contributed by atoms with E-state index in [1.807, 2.05) is 12.1 Å². The molecule has 1 atom stereocenters. The number of nitrogens with one attached hydrogen (secondary N) is 1. The third-order valence-corrected chi connectivity index (χ3v) is 5.41. The fourth-order valence-corrected chi connectivity index (χ4v) is 3.54. The molecule has 0 spiro atoms. The van der Waals surface area contributed by atoms with E-state index in [0.29, 0.717) is 11.1 Å². The molecule has 8 heteroatoms. The summed E-state index contributed by atoms with van der Waals surface area (Å²) in [6, 6.07) is 19.7. The van der Waals surface area contributed by atoms with Gasteiger partial charge < -0.3 is 10.4 Å². The number of nitrogens with zero attached hydrogens (tertiary/aromatic N) is 1. The van der Waals surface area contributed by atoms with Crippen LogP contribution in [0.25, 0.3) is 0 Å². The van der Waals surface area contributed by atoms with Crippen LogP contribution < -0.4 is 5.32 Å². The van der Waals surface area contributed by atoms with E-state index in [1.165, 1.54) is 6.07 Å². The Kier molecular flexibility index (Phi) is 6.63. The number of amides is 1. The van der Waals surface area contributed by atoms with Gasteiger partial charge in [0.1, 0.15) is 6.04 Å². The van der Waals surface area contributed by atoms with Gasteiger partial charge in [-0.05, 0) is 29.7 Å². The number of nitro groups is 1. The van der Waals surface area contributed by atoms with Crippen molar-refractivity contribution in [3.8, 4) is 0 Å². The van der Waals surface area contributed by atoms with Crippen LogP contribution in [0.4, 0.5) is 10.1 Å². The topological polar surface area (TPSA) is 110 Å². The molecule has 0 aliphatic heterocycles. The van der Waals surface area contributed by atoms with Gasteiger partial charge in [0.15, 0.2) is 0 Å². The first kappa shape index (κ1) is 22.6. The van der Waals surface area contributed by atoms with Crippen molar-refractivity contribution in [1.82, 2.24) is 5.32 Å². The number of carbonyl (C=O) groups is 2. The molecule has 0 aromatic heterocycles. The number of aliphatic carboxylic acids is 1. The molecule has 0 aliphatic carbocycles. The monoisotopic (exact) mass is 436 g/mol. The van der Waals surface area contributed by atoms with Gasteiger partial charge in [-0.15, -0.1) is 0 Å². The molecule has 0 radical (unpaired) electrons. The molecule has 0 unspecified atom stereocenters. The number of hydrogen-bond acceptors (Lipinski definition) is 4. The highest BCUT2D eigenvalue weighted by Gasteiger charge is 2.39. The van der Waals surface area contributed by atoms with Crippen molar-refractivity contribution in [2.75, 3.05) is 0 Å². The molecule has 0 heterocycles. The molecule has 0 aliphatic rings. The van der Waals surface area contributed by atoms with Crippen LogP contribution in [0.1, 0.15) is 23.6 Å². The van der Waals surface area contributed by atoms with Crippen molar-refractivity contribution in [1.29, 1.82) is 0 Å². The SMILES string of the molecule is CC(C(=O)N[C@@H](Cc1ccc(F)c([N+](=O)[O-])c1)C(=O)O)(c1ccccc1)c1ccccc1. The second-order valence-electron chi connectivity index (χ2n) is 7.47. The summed E-state index contributed by atoms with van der Waals surface area (Å²) in [4.78, 5) is 35.5. The maximum Gasteiger partial charge on any atom is 0.326 e. The molecule has 164 valence electrons. The van der Waals surface area contributed by atoms with Crippen LogP contribution in [0.2, 0.25) is 0 Å². The van der Waals surface area contributed by atoms with Crippen molar-refractivity contribution in [3.63, 3.8) is 0 Å². The van der Waals surface area contributed by atoms with Crippen molar-refractivity contribution < 1.29 is 24.0 Å². The molecule has 0 saturated carbocycles. The van der Waals surface area contributed by atoms with Crippen LogP contribution >= 0.6 is 0 Å². The number of hydrogen-bond donors (Lipinski definition) is 2. The largest absolute Gasteiger partial charge is 0.480 e. The lowest BCUT2D eigenvalue weighted by molar-refractivity contribution is -0.387. The fourth-order valence-electron chi connectivity index (χ4n) is 3.54. The molecule has 32 heavy (non-hydrogen) atoms. The first-order valence-corrected chi connectivity index (χ1v) is 9.81. The van der Waals surface area contributed by atoms with Gasteiger partial charge >= 0.3 is 11.7 Å². The minimum Gasteiger partial charge on any atom is -0.480 e. The van der Waals surface area contributed by atoms with E-state index < -0.39 is 39.8 Å². The van der Waals surface area contributed by atoms with Gasteiger partial charge in [-0.1, -0.05) is 66.7 Å². The minimum atomic E-state index is -1.38. The number of carboxylic acid groups (broad SMARTS) is 1. The molecule has 2 N–H and O–H groups in total.